The van der Waals surface area contributed by atoms with Crippen LogP contribution in [0.3, 0.4) is 0 Å². The Morgan fingerprint density at radius 2 is 1.91 bits per heavy atom. The minimum absolute atomic E-state index is 0.0346. The number of carbonyl (C=O) groups is 3. The number of carbonyl (C=O) groups excluding carboxylic acids is 2. The molecule has 0 saturated carbocycles. The topological polar surface area (TPSA) is 86.7 Å². The van der Waals surface area contributed by atoms with Crippen molar-refractivity contribution in [3.63, 3.8) is 0 Å². The molecule has 1 fully saturated rings. The Bertz CT molecular complexity index is 559. The lowest BCUT2D eigenvalue weighted by Crippen LogP contribution is -2.47. The number of likely N-dealkylation sites (tertiary alicyclic amines) is 1. The number of benzene rings is 1. The predicted molar refractivity (Wildman–Crippen MR) is 84.8 cm³/mol. The van der Waals surface area contributed by atoms with Crippen LogP contribution in [0.15, 0.2) is 30.3 Å². The molecule has 1 heterocycles. The lowest BCUT2D eigenvalue weighted by atomic mass is 10.1. The molecule has 1 aromatic rings. The molecular formula is C17H22N2O4. The number of aliphatic carboxylic acids is 1. The maximum atomic E-state index is 12.1. The highest BCUT2D eigenvalue weighted by Gasteiger charge is 2.24. The predicted octanol–water partition coefficient (Wildman–Crippen LogP) is 1.20. The first-order valence-corrected chi connectivity index (χ1v) is 7.90. The molecule has 1 saturated heterocycles. The van der Waals surface area contributed by atoms with Gasteiger partial charge in [-0.05, 0) is 18.4 Å². The van der Waals surface area contributed by atoms with Gasteiger partial charge in [0.2, 0.25) is 11.8 Å². The highest BCUT2D eigenvalue weighted by molar-refractivity contribution is 5.88. The molecule has 0 unspecified atom stereocenters. The third-order valence-corrected chi connectivity index (χ3v) is 3.92. The summed E-state index contributed by atoms with van der Waals surface area (Å²) in [5.41, 5.74) is 0.839. The average Bonchev–Trinajstić information content (AvgIpc) is 2.72. The fraction of sp³-hybridized carbons (Fsp3) is 0.471. The number of rotatable bonds is 6. The van der Waals surface area contributed by atoms with Gasteiger partial charge >= 0.3 is 5.97 Å². The first-order valence-electron chi connectivity index (χ1n) is 7.90. The molecule has 2 N–H and O–H groups in total. The standard InChI is InChI=1S/C17H22N2O4/c20-15(12-19-10-6-2-5-9-16(19)21)18-14(17(22)23)11-13-7-3-1-4-8-13/h1,3-4,7-8,14H,2,5-6,9-12H2,(H,18,20)(H,22,23)/t14-/m1/s1. The fourth-order valence-corrected chi connectivity index (χ4v) is 2.67. The second-order valence-electron chi connectivity index (χ2n) is 5.77. The number of nitrogens with zero attached hydrogens (tertiary/aromatic N) is 1. The third kappa shape index (κ3) is 5.39. The van der Waals surface area contributed by atoms with Gasteiger partial charge in [0, 0.05) is 19.4 Å². The lowest BCUT2D eigenvalue weighted by Gasteiger charge is -2.21. The summed E-state index contributed by atoms with van der Waals surface area (Å²) in [5.74, 6) is -1.54. The van der Waals surface area contributed by atoms with Gasteiger partial charge < -0.3 is 15.3 Å². The van der Waals surface area contributed by atoms with Crippen molar-refractivity contribution in [2.75, 3.05) is 13.1 Å². The van der Waals surface area contributed by atoms with Crippen LogP contribution in [0.1, 0.15) is 31.2 Å². The summed E-state index contributed by atoms with van der Waals surface area (Å²) in [4.78, 5) is 36.9. The van der Waals surface area contributed by atoms with Crippen molar-refractivity contribution in [2.24, 2.45) is 0 Å². The Hall–Kier alpha value is -2.37. The van der Waals surface area contributed by atoms with Crippen LogP contribution in [0.5, 0.6) is 0 Å². The zero-order valence-corrected chi connectivity index (χ0v) is 13.0. The molecule has 1 aromatic carbocycles. The number of carboxylic acid groups (broad SMARTS) is 1. The second kappa shape index (κ2) is 8.31. The molecule has 124 valence electrons. The van der Waals surface area contributed by atoms with Crippen LogP contribution in [0, 0.1) is 0 Å². The second-order valence-corrected chi connectivity index (χ2v) is 5.77. The van der Waals surface area contributed by atoms with E-state index in [1.807, 2.05) is 30.3 Å². The van der Waals surface area contributed by atoms with E-state index in [0.29, 0.717) is 13.0 Å². The Morgan fingerprint density at radius 1 is 1.17 bits per heavy atom. The maximum Gasteiger partial charge on any atom is 0.326 e. The molecule has 6 heteroatoms. The van der Waals surface area contributed by atoms with Crippen molar-refractivity contribution < 1.29 is 19.5 Å². The molecule has 1 aliphatic rings. The van der Waals surface area contributed by atoms with Gasteiger partial charge in [-0.25, -0.2) is 4.79 Å². The Morgan fingerprint density at radius 3 is 2.61 bits per heavy atom. The van der Waals surface area contributed by atoms with E-state index < -0.39 is 17.9 Å². The van der Waals surface area contributed by atoms with E-state index in [-0.39, 0.29) is 18.9 Å². The molecule has 0 aromatic heterocycles. The number of hydrogen-bond acceptors (Lipinski definition) is 3. The van der Waals surface area contributed by atoms with Gasteiger partial charge in [0.25, 0.3) is 0 Å². The summed E-state index contributed by atoms with van der Waals surface area (Å²) < 4.78 is 0. The molecule has 1 aliphatic heterocycles. The molecule has 1 atom stereocenters. The van der Waals surface area contributed by atoms with Crippen molar-refractivity contribution in [2.45, 2.75) is 38.1 Å². The van der Waals surface area contributed by atoms with Crippen LogP contribution in [0.2, 0.25) is 0 Å². The number of nitrogens with one attached hydrogen (secondary N) is 1. The van der Waals surface area contributed by atoms with Gasteiger partial charge in [0.15, 0.2) is 0 Å². The Kier molecular flexibility index (Phi) is 6.14. The summed E-state index contributed by atoms with van der Waals surface area (Å²) in [6.07, 6.45) is 3.39. The van der Waals surface area contributed by atoms with Gasteiger partial charge in [0.05, 0.1) is 6.54 Å². The van der Waals surface area contributed by atoms with E-state index in [4.69, 9.17) is 0 Å². The fourth-order valence-electron chi connectivity index (χ4n) is 2.67. The quantitative estimate of drug-likeness (QED) is 0.825. The molecule has 0 radical (unpaired) electrons. The SMILES string of the molecule is O=C(CN1CCCCCC1=O)N[C@H](Cc1ccccc1)C(=O)O. The van der Waals surface area contributed by atoms with Gasteiger partial charge in [-0.15, -0.1) is 0 Å². The van der Waals surface area contributed by atoms with Crippen molar-refractivity contribution in [3.05, 3.63) is 35.9 Å². The van der Waals surface area contributed by atoms with Gasteiger partial charge in [0.1, 0.15) is 6.04 Å². The van der Waals surface area contributed by atoms with E-state index in [1.54, 1.807) is 0 Å². The molecule has 6 nitrogen and oxygen atoms in total. The zero-order valence-electron chi connectivity index (χ0n) is 13.0. The van der Waals surface area contributed by atoms with E-state index in [9.17, 15) is 19.5 Å². The minimum atomic E-state index is -1.08. The van der Waals surface area contributed by atoms with E-state index >= 15 is 0 Å². The van der Waals surface area contributed by atoms with Crippen molar-refractivity contribution in [1.29, 1.82) is 0 Å². The van der Waals surface area contributed by atoms with Crippen LogP contribution in [0.4, 0.5) is 0 Å². The number of hydrogen-bond donors (Lipinski definition) is 2. The molecule has 0 bridgehead atoms. The van der Waals surface area contributed by atoms with Crippen molar-refractivity contribution in [3.8, 4) is 0 Å². The first-order chi connectivity index (χ1) is 11.1. The normalized spacial score (nSPS) is 16.5. The molecule has 0 spiro atoms. The average molecular weight is 318 g/mol. The maximum absolute atomic E-state index is 12.1. The lowest BCUT2D eigenvalue weighted by molar-refractivity contribution is -0.142. The molecule has 0 aliphatic carbocycles. The molecule has 23 heavy (non-hydrogen) atoms. The number of carboxylic acids is 1. The first kappa shape index (κ1) is 17.0. The van der Waals surface area contributed by atoms with Crippen molar-refractivity contribution >= 4 is 17.8 Å². The summed E-state index contributed by atoms with van der Waals surface area (Å²) in [6.45, 7) is 0.486. The van der Waals surface area contributed by atoms with Crippen LogP contribution in [0.25, 0.3) is 0 Å². The van der Waals surface area contributed by atoms with Gasteiger partial charge in [-0.1, -0.05) is 36.8 Å². The van der Waals surface area contributed by atoms with E-state index in [0.717, 1.165) is 24.8 Å². The van der Waals surface area contributed by atoms with Crippen molar-refractivity contribution in [1.82, 2.24) is 10.2 Å². The summed E-state index contributed by atoms with van der Waals surface area (Å²) in [6, 6.07) is 8.15. The Balaban J connectivity index is 1.92. The van der Waals surface area contributed by atoms with Crippen LogP contribution >= 0.6 is 0 Å². The molecular weight excluding hydrogens is 296 g/mol. The van der Waals surface area contributed by atoms with Gasteiger partial charge in [-0.3, -0.25) is 9.59 Å². The largest absolute Gasteiger partial charge is 0.480 e. The minimum Gasteiger partial charge on any atom is -0.480 e. The van der Waals surface area contributed by atoms with Crippen LogP contribution in [-0.2, 0) is 20.8 Å². The summed E-state index contributed by atoms with van der Waals surface area (Å²) in [5, 5.41) is 11.8. The van der Waals surface area contributed by atoms with E-state index in [2.05, 4.69) is 5.32 Å². The van der Waals surface area contributed by atoms with Gasteiger partial charge in [-0.2, -0.15) is 0 Å². The Labute approximate surface area is 135 Å². The molecule has 2 amide bonds. The van der Waals surface area contributed by atoms with Crippen LogP contribution in [-0.4, -0.2) is 46.9 Å². The van der Waals surface area contributed by atoms with E-state index in [1.165, 1.54) is 4.90 Å². The zero-order chi connectivity index (χ0) is 16.7. The summed E-state index contributed by atoms with van der Waals surface area (Å²) >= 11 is 0. The van der Waals surface area contributed by atoms with Crippen LogP contribution < -0.4 is 5.32 Å². The number of amides is 2. The third-order valence-electron chi connectivity index (χ3n) is 3.92. The smallest absolute Gasteiger partial charge is 0.326 e. The molecule has 2 rings (SSSR count). The highest BCUT2D eigenvalue weighted by atomic mass is 16.4. The monoisotopic (exact) mass is 318 g/mol. The summed E-state index contributed by atoms with van der Waals surface area (Å²) in [7, 11) is 0. The highest BCUT2D eigenvalue weighted by Crippen LogP contribution is 2.11.